The molecule has 0 atom stereocenters. The maximum absolute atomic E-state index is 12.4. The van der Waals surface area contributed by atoms with Gasteiger partial charge in [-0.05, 0) is 45.0 Å². The Morgan fingerprint density at radius 1 is 1.24 bits per heavy atom. The number of carboxylic acid groups (broad SMARTS) is 1. The minimum Gasteiger partial charge on any atom is -0.480 e. The van der Waals surface area contributed by atoms with Gasteiger partial charge in [0.1, 0.15) is 6.54 Å². The van der Waals surface area contributed by atoms with Gasteiger partial charge in [-0.2, -0.15) is 8.78 Å². The van der Waals surface area contributed by atoms with Crippen LogP contribution in [0.3, 0.4) is 0 Å². The van der Waals surface area contributed by atoms with Crippen LogP contribution in [-0.2, 0) is 14.6 Å². The Morgan fingerprint density at radius 3 is 2.05 bits per heavy atom. The molecular weight excluding hydrogens is 304 g/mol. The molecule has 0 aromatic heterocycles. The minimum atomic E-state index is -4.65. The number of hydrogen-bond acceptors (Lipinski definition) is 4. The summed E-state index contributed by atoms with van der Waals surface area (Å²) in [7, 11) is -4.65. The normalized spacial score (nSPS) is 12.5. The predicted molar refractivity (Wildman–Crippen MR) is 74.4 cm³/mol. The van der Waals surface area contributed by atoms with E-state index in [2.05, 4.69) is 0 Å². The summed E-state index contributed by atoms with van der Waals surface area (Å²) < 4.78 is 47.5. The SMILES string of the molecule is CC(C)(C)N(CC(=O)O)c1ccc(S(=O)(=O)C(F)F)cc1. The van der Waals surface area contributed by atoms with E-state index in [4.69, 9.17) is 5.11 Å². The third-order valence-electron chi connectivity index (χ3n) is 2.81. The van der Waals surface area contributed by atoms with E-state index in [0.717, 1.165) is 12.1 Å². The number of halogens is 2. The smallest absolute Gasteiger partial charge is 0.341 e. The van der Waals surface area contributed by atoms with E-state index >= 15 is 0 Å². The lowest BCUT2D eigenvalue weighted by atomic mass is 10.0. The number of carboxylic acids is 1. The van der Waals surface area contributed by atoms with Crippen molar-refractivity contribution in [2.45, 2.75) is 37.0 Å². The first-order valence-electron chi connectivity index (χ1n) is 6.08. The average Bonchev–Trinajstić information content (AvgIpc) is 2.34. The summed E-state index contributed by atoms with van der Waals surface area (Å²) >= 11 is 0. The number of hydrogen-bond donors (Lipinski definition) is 1. The maximum Gasteiger partial charge on any atom is 0.341 e. The van der Waals surface area contributed by atoms with Crippen molar-refractivity contribution in [3.05, 3.63) is 24.3 Å². The molecule has 1 N–H and O–H groups in total. The van der Waals surface area contributed by atoms with E-state index in [9.17, 15) is 22.0 Å². The van der Waals surface area contributed by atoms with Crippen molar-refractivity contribution in [2.24, 2.45) is 0 Å². The number of benzene rings is 1. The Balaban J connectivity index is 3.18. The molecule has 0 aliphatic carbocycles. The Hall–Kier alpha value is -1.70. The summed E-state index contributed by atoms with van der Waals surface area (Å²) in [5.41, 5.74) is -0.0836. The Labute approximate surface area is 122 Å². The molecule has 8 heteroatoms. The molecule has 1 rings (SSSR count). The number of alkyl halides is 2. The molecule has 118 valence electrons. The van der Waals surface area contributed by atoms with Crippen molar-refractivity contribution >= 4 is 21.5 Å². The fraction of sp³-hybridized carbons (Fsp3) is 0.462. The first-order chi connectivity index (χ1) is 9.46. The van der Waals surface area contributed by atoms with Crippen LogP contribution in [0.5, 0.6) is 0 Å². The van der Waals surface area contributed by atoms with Crippen molar-refractivity contribution in [3.8, 4) is 0 Å². The lowest BCUT2D eigenvalue weighted by Crippen LogP contribution is -2.44. The van der Waals surface area contributed by atoms with Gasteiger partial charge in [0.05, 0.1) is 4.90 Å². The summed E-state index contributed by atoms with van der Waals surface area (Å²) in [6.45, 7) is 5.09. The van der Waals surface area contributed by atoms with Crippen LogP contribution in [0.1, 0.15) is 20.8 Å². The molecule has 5 nitrogen and oxygen atoms in total. The molecule has 1 aromatic carbocycles. The number of sulfone groups is 1. The molecule has 1 aromatic rings. The predicted octanol–water partition coefficient (Wildman–Crippen LogP) is 2.37. The van der Waals surface area contributed by atoms with E-state index in [0.29, 0.717) is 5.69 Å². The van der Waals surface area contributed by atoms with Crippen LogP contribution in [0, 0.1) is 0 Å². The van der Waals surface area contributed by atoms with Crippen LogP contribution >= 0.6 is 0 Å². The summed E-state index contributed by atoms with van der Waals surface area (Å²) in [4.78, 5) is 11.9. The Kier molecular flexibility index (Phi) is 4.93. The molecule has 0 radical (unpaired) electrons. The van der Waals surface area contributed by atoms with Crippen LogP contribution in [0.4, 0.5) is 14.5 Å². The summed E-state index contributed by atoms with van der Waals surface area (Å²) in [6, 6.07) is 4.75. The topological polar surface area (TPSA) is 74.7 Å². The van der Waals surface area contributed by atoms with Crippen molar-refractivity contribution in [1.29, 1.82) is 0 Å². The average molecular weight is 321 g/mol. The molecule has 0 amide bonds. The molecule has 0 heterocycles. The third kappa shape index (κ3) is 4.13. The lowest BCUT2D eigenvalue weighted by molar-refractivity contribution is -0.135. The van der Waals surface area contributed by atoms with Gasteiger partial charge >= 0.3 is 11.7 Å². The molecule has 0 spiro atoms. The van der Waals surface area contributed by atoms with Crippen LogP contribution in [0.15, 0.2) is 29.2 Å². The first-order valence-corrected chi connectivity index (χ1v) is 7.62. The third-order valence-corrected chi connectivity index (χ3v) is 4.21. The van der Waals surface area contributed by atoms with Gasteiger partial charge in [-0.3, -0.25) is 4.79 Å². The molecule has 21 heavy (non-hydrogen) atoms. The molecule has 0 bridgehead atoms. The largest absolute Gasteiger partial charge is 0.480 e. The van der Waals surface area contributed by atoms with Crippen LogP contribution < -0.4 is 4.90 Å². The second-order valence-electron chi connectivity index (χ2n) is 5.45. The highest BCUT2D eigenvalue weighted by Gasteiger charge is 2.28. The van der Waals surface area contributed by atoms with Crippen molar-refractivity contribution in [1.82, 2.24) is 0 Å². The summed E-state index contributed by atoms with van der Waals surface area (Å²) in [5.74, 6) is -4.53. The fourth-order valence-corrected chi connectivity index (χ4v) is 2.49. The summed E-state index contributed by atoms with van der Waals surface area (Å²) in [6.07, 6.45) is 0. The molecule has 0 saturated heterocycles. The molecule has 0 aliphatic heterocycles. The fourth-order valence-electron chi connectivity index (χ4n) is 1.77. The molecule has 0 aliphatic rings. The zero-order valence-electron chi connectivity index (χ0n) is 11.9. The van der Waals surface area contributed by atoms with E-state index < -0.39 is 32.0 Å². The van der Waals surface area contributed by atoms with Gasteiger partial charge in [-0.1, -0.05) is 0 Å². The maximum atomic E-state index is 12.4. The Bertz CT molecular complexity index is 606. The van der Waals surface area contributed by atoms with Crippen LogP contribution in [0.2, 0.25) is 0 Å². The lowest BCUT2D eigenvalue weighted by Gasteiger charge is -2.36. The first kappa shape index (κ1) is 17.4. The quantitative estimate of drug-likeness (QED) is 0.901. The second kappa shape index (κ2) is 5.97. The van der Waals surface area contributed by atoms with Gasteiger partial charge in [0.25, 0.3) is 0 Å². The van der Waals surface area contributed by atoms with Gasteiger partial charge in [0.2, 0.25) is 9.84 Å². The van der Waals surface area contributed by atoms with Gasteiger partial charge in [-0.15, -0.1) is 0 Å². The molecular formula is C13H17F2NO4S. The summed E-state index contributed by atoms with van der Waals surface area (Å²) in [5, 5.41) is 8.93. The zero-order valence-corrected chi connectivity index (χ0v) is 12.7. The monoisotopic (exact) mass is 321 g/mol. The number of rotatable bonds is 5. The number of nitrogens with zero attached hydrogens (tertiary/aromatic N) is 1. The minimum absolute atomic E-state index is 0.287. The van der Waals surface area contributed by atoms with E-state index in [1.165, 1.54) is 17.0 Å². The standard InChI is InChI=1S/C13H17F2NO4S/c1-13(2,3)16(8-11(17)18)9-4-6-10(7-5-9)21(19,20)12(14)15/h4-7,12H,8H2,1-3H3,(H,17,18). The highest BCUT2D eigenvalue weighted by atomic mass is 32.2. The van der Waals surface area contributed by atoms with Gasteiger partial charge in [0.15, 0.2) is 0 Å². The van der Waals surface area contributed by atoms with Gasteiger partial charge < -0.3 is 10.0 Å². The Morgan fingerprint density at radius 2 is 1.71 bits per heavy atom. The zero-order chi connectivity index (χ0) is 16.4. The van der Waals surface area contributed by atoms with Crippen molar-refractivity contribution in [2.75, 3.05) is 11.4 Å². The van der Waals surface area contributed by atoms with Gasteiger partial charge in [0, 0.05) is 11.2 Å². The van der Waals surface area contributed by atoms with Crippen molar-refractivity contribution < 1.29 is 27.1 Å². The molecule has 0 saturated carbocycles. The second-order valence-corrected chi connectivity index (χ2v) is 7.37. The van der Waals surface area contributed by atoms with Gasteiger partial charge in [-0.25, -0.2) is 8.42 Å². The van der Waals surface area contributed by atoms with Crippen LogP contribution in [-0.4, -0.2) is 37.3 Å². The van der Waals surface area contributed by atoms with Crippen molar-refractivity contribution in [3.63, 3.8) is 0 Å². The highest BCUT2D eigenvalue weighted by Crippen LogP contribution is 2.26. The van der Waals surface area contributed by atoms with E-state index in [-0.39, 0.29) is 6.54 Å². The number of aliphatic carboxylic acids is 1. The number of anilines is 1. The van der Waals surface area contributed by atoms with E-state index in [1.54, 1.807) is 20.8 Å². The number of carbonyl (C=O) groups is 1. The molecule has 0 fully saturated rings. The molecule has 0 unspecified atom stereocenters. The highest BCUT2D eigenvalue weighted by molar-refractivity contribution is 7.91. The van der Waals surface area contributed by atoms with Crippen LogP contribution in [0.25, 0.3) is 0 Å². The van der Waals surface area contributed by atoms with E-state index in [1.807, 2.05) is 0 Å².